The van der Waals surface area contributed by atoms with E-state index in [0.29, 0.717) is 23.2 Å². The van der Waals surface area contributed by atoms with Gasteiger partial charge in [-0.25, -0.2) is 0 Å². The van der Waals surface area contributed by atoms with Crippen LogP contribution in [0.25, 0.3) is 27.5 Å². The third-order valence-electron chi connectivity index (χ3n) is 4.43. The van der Waals surface area contributed by atoms with Crippen LogP contribution >= 0.6 is 11.3 Å². The summed E-state index contributed by atoms with van der Waals surface area (Å²) < 4.78 is 13.6. The maximum atomic E-state index is 6.01. The molecule has 7 heteroatoms. The van der Waals surface area contributed by atoms with Gasteiger partial charge in [-0.2, -0.15) is 9.61 Å². The van der Waals surface area contributed by atoms with Crippen molar-refractivity contribution in [3.63, 3.8) is 0 Å². The third-order valence-corrected chi connectivity index (χ3v) is 5.30. The fourth-order valence-corrected chi connectivity index (χ4v) is 3.87. The van der Waals surface area contributed by atoms with Crippen LogP contribution < -0.4 is 4.74 Å². The molecule has 0 saturated heterocycles. The minimum absolute atomic E-state index is 0.388. The number of rotatable bonds is 4. The summed E-state index contributed by atoms with van der Waals surface area (Å²) in [7, 11) is 0. The summed E-state index contributed by atoms with van der Waals surface area (Å²) in [5.41, 5.74) is 3.04. The van der Waals surface area contributed by atoms with Gasteiger partial charge in [-0.05, 0) is 37.1 Å². The summed E-state index contributed by atoms with van der Waals surface area (Å²) in [5.74, 6) is 2.15. The average molecular weight is 376 g/mol. The molecule has 5 aromatic rings. The quantitative estimate of drug-likeness (QED) is 0.451. The Bertz CT molecular complexity index is 1210. The maximum absolute atomic E-state index is 6.01. The Morgan fingerprint density at radius 1 is 1.04 bits per heavy atom. The van der Waals surface area contributed by atoms with Crippen molar-refractivity contribution in [1.82, 2.24) is 19.8 Å². The van der Waals surface area contributed by atoms with E-state index in [1.54, 1.807) is 4.52 Å². The lowest BCUT2D eigenvalue weighted by Crippen LogP contribution is -2.00. The summed E-state index contributed by atoms with van der Waals surface area (Å²) in [6, 6.07) is 15.9. The van der Waals surface area contributed by atoms with Gasteiger partial charge in [0.1, 0.15) is 17.9 Å². The van der Waals surface area contributed by atoms with E-state index in [4.69, 9.17) is 9.15 Å². The van der Waals surface area contributed by atoms with E-state index >= 15 is 0 Å². The standard InChI is InChI=1S/C20H16N4O2S/c1-12-6-5-7-13(2)18(12)25-11-17-23-24-19(21-22-20(24)27-17)16-10-14-8-3-4-9-15(14)26-16/h3-10H,11H2,1-2H3. The molecule has 0 unspecified atom stereocenters. The number of furan rings is 1. The van der Waals surface area contributed by atoms with Crippen LogP contribution in [0.3, 0.4) is 0 Å². The molecule has 0 aliphatic carbocycles. The molecular formula is C20H16N4O2S. The van der Waals surface area contributed by atoms with Crippen LogP contribution in [0.5, 0.6) is 5.75 Å². The lowest BCUT2D eigenvalue weighted by molar-refractivity contribution is 0.300. The molecule has 27 heavy (non-hydrogen) atoms. The first-order valence-corrected chi connectivity index (χ1v) is 9.40. The number of hydrogen-bond donors (Lipinski definition) is 0. The molecule has 3 heterocycles. The largest absolute Gasteiger partial charge is 0.486 e. The summed E-state index contributed by atoms with van der Waals surface area (Å²) in [6.45, 7) is 4.47. The van der Waals surface area contributed by atoms with Gasteiger partial charge in [-0.3, -0.25) is 0 Å². The fraction of sp³-hybridized carbons (Fsp3) is 0.150. The highest BCUT2D eigenvalue weighted by atomic mass is 32.1. The molecule has 0 atom stereocenters. The molecule has 0 spiro atoms. The van der Waals surface area contributed by atoms with Gasteiger partial charge in [0.2, 0.25) is 10.8 Å². The van der Waals surface area contributed by atoms with Crippen molar-refractivity contribution in [2.45, 2.75) is 20.5 Å². The zero-order chi connectivity index (χ0) is 18.4. The number of benzene rings is 2. The molecule has 0 amide bonds. The van der Waals surface area contributed by atoms with Crippen LogP contribution in [0.4, 0.5) is 0 Å². The van der Waals surface area contributed by atoms with Crippen molar-refractivity contribution < 1.29 is 9.15 Å². The predicted octanol–water partition coefficient (Wildman–Crippen LogP) is 4.79. The lowest BCUT2D eigenvalue weighted by Gasteiger charge is -2.10. The second kappa shape index (κ2) is 6.21. The smallest absolute Gasteiger partial charge is 0.235 e. The maximum Gasteiger partial charge on any atom is 0.235 e. The Kier molecular flexibility index (Phi) is 3.68. The molecule has 0 aliphatic heterocycles. The molecule has 0 aliphatic rings. The molecule has 0 fully saturated rings. The van der Waals surface area contributed by atoms with Crippen molar-refractivity contribution >= 4 is 27.3 Å². The second-order valence-electron chi connectivity index (χ2n) is 6.37. The number of para-hydroxylation sites is 2. The number of hydrogen-bond acceptors (Lipinski definition) is 6. The monoisotopic (exact) mass is 376 g/mol. The minimum atomic E-state index is 0.388. The highest BCUT2D eigenvalue weighted by Gasteiger charge is 2.17. The molecule has 3 aromatic heterocycles. The summed E-state index contributed by atoms with van der Waals surface area (Å²) >= 11 is 1.46. The number of fused-ring (bicyclic) bond motifs is 2. The summed E-state index contributed by atoms with van der Waals surface area (Å²) in [5, 5.41) is 14.9. The zero-order valence-corrected chi connectivity index (χ0v) is 15.7. The van der Waals surface area contributed by atoms with Crippen molar-refractivity contribution in [1.29, 1.82) is 0 Å². The number of aryl methyl sites for hydroxylation is 2. The SMILES string of the molecule is Cc1cccc(C)c1OCc1nn2c(-c3cc4ccccc4o3)nnc2s1. The molecule has 134 valence electrons. The highest BCUT2D eigenvalue weighted by molar-refractivity contribution is 7.16. The van der Waals surface area contributed by atoms with Gasteiger partial charge < -0.3 is 9.15 Å². The first kappa shape index (κ1) is 16.0. The van der Waals surface area contributed by atoms with E-state index < -0.39 is 0 Å². The van der Waals surface area contributed by atoms with E-state index in [-0.39, 0.29) is 0 Å². The lowest BCUT2D eigenvalue weighted by atomic mass is 10.1. The van der Waals surface area contributed by atoms with Gasteiger partial charge in [0.15, 0.2) is 10.8 Å². The Morgan fingerprint density at radius 3 is 2.67 bits per heavy atom. The fourth-order valence-electron chi connectivity index (χ4n) is 3.12. The predicted molar refractivity (Wildman–Crippen MR) is 104 cm³/mol. The molecule has 0 radical (unpaired) electrons. The van der Waals surface area contributed by atoms with E-state index in [2.05, 4.69) is 15.3 Å². The van der Waals surface area contributed by atoms with E-state index in [9.17, 15) is 0 Å². The van der Waals surface area contributed by atoms with Gasteiger partial charge in [-0.15, -0.1) is 10.2 Å². The third kappa shape index (κ3) is 2.76. The number of nitrogens with zero attached hydrogens (tertiary/aromatic N) is 4. The van der Waals surface area contributed by atoms with Crippen molar-refractivity contribution in [2.75, 3.05) is 0 Å². The topological polar surface area (TPSA) is 65.5 Å². The van der Waals surface area contributed by atoms with Crippen LogP contribution in [-0.2, 0) is 6.61 Å². The minimum Gasteiger partial charge on any atom is -0.486 e. The molecule has 0 N–H and O–H groups in total. The van der Waals surface area contributed by atoms with Crippen molar-refractivity contribution in [3.05, 3.63) is 64.7 Å². The average Bonchev–Trinajstić information content (AvgIpc) is 3.34. The van der Waals surface area contributed by atoms with Crippen molar-refractivity contribution in [3.8, 4) is 17.3 Å². The van der Waals surface area contributed by atoms with E-state index in [0.717, 1.165) is 32.9 Å². The van der Waals surface area contributed by atoms with Crippen LogP contribution in [-0.4, -0.2) is 19.8 Å². The van der Waals surface area contributed by atoms with Crippen LogP contribution in [0, 0.1) is 13.8 Å². The Balaban J connectivity index is 1.46. The first-order valence-electron chi connectivity index (χ1n) is 8.58. The highest BCUT2D eigenvalue weighted by Crippen LogP contribution is 2.29. The van der Waals surface area contributed by atoms with E-state index in [1.807, 2.05) is 62.4 Å². The Morgan fingerprint density at radius 2 is 1.85 bits per heavy atom. The Labute approximate surface area is 159 Å². The number of aromatic nitrogens is 4. The van der Waals surface area contributed by atoms with Gasteiger partial charge in [-0.1, -0.05) is 47.7 Å². The second-order valence-corrected chi connectivity index (χ2v) is 7.41. The molecule has 0 bridgehead atoms. The zero-order valence-electron chi connectivity index (χ0n) is 14.8. The number of ether oxygens (including phenoxy) is 1. The molecule has 6 nitrogen and oxygen atoms in total. The van der Waals surface area contributed by atoms with Crippen LogP contribution in [0.1, 0.15) is 16.1 Å². The molecule has 0 saturated carbocycles. The van der Waals surface area contributed by atoms with E-state index in [1.165, 1.54) is 11.3 Å². The van der Waals surface area contributed by atoms with Crippen LogP contribution in [0.15, 0.2) is 52.9 Å². The van der Waals surface area contributed by atoms with Gasteiger partial charge in [0.25, 0.3) is 0 Å². The summed E-state index contributed by atoms with van der Waals surface area (Å²) in [6.07, 6.45) is 0. The van der Waals surface area contributed by atoms with Gasteiger partial charge in [0, 0.05) is 5.39 Å². The molecule has 5 rings (SSSR count). The van der Waals surface area contributed by atoms with Crippen molar-refractivity contribution in [2.24, 2.45) is 0 Å². The van der Waals surface area contributed by atoms with Crippen LogP contribution in [0.2, 0.25) is 0 Å². The normalized spacial score (nSPS) is 11.5. The molecular weight excluding hydrogens is 360 g/mol. The first-order chi connectivity index (χ1) is 13.2. The Hall–Kier alpha value is -3.19. The van der Waals surface area contributed by atoms with Gasteiger partial charge >= 0.3 is 0 Å². The molecule has 2 aromatic carbocycles. The summed E-state index contributed by atoms with van der Waals surface area (Å²) in [4.78, 5) is 0.713. The van der Waals surface area contributed by atoms with Gasteiger partial charge in [0.05, 0.1) is 0 Å².